The Balaban J connectivity index is 2.15. The minimum Gasteiger partial charge on any atom is -0.329 e. The van der Waals surface area contributed by atoms with Gasteiger partial charge in [0.1, 0.15) is 17.4 Å². The Morgan fingerprint density at radius 2 is 1.94 bits per heavy atom. The van der Waals surface area contributed by atoms with Crippen LogP contribution in [-0.4, -0.2) is 12.3 Å². The third kappa shape index (κ3) is 2.43. The van der Waals surface area contributed by atoms with Gasteiger partial charge in [-0.2, -0.15) is 0 Å². The van der Waals surface area contributed by atoms with Crippen molar-refractivity contribution in [1.82, 2.24) is 0 Å². The van der Waals surface area contributed by atoms with E-state index in [0.29, 0.717) is 6.54 Å². The van der Waals surface area contributed by atoms with E-state index in [1.54, 1.807) is 0 Å². The van der Waals surface area contributed by atoms with E-state index in [1.165, 1.54) is 12.1 Å². The van der Waals surface area contributed by atoms with Crippen molar-refractivity contribution in [3.8, 4) is 0 Å². The highest BCUT2D eigenvalue weighted by Gasteiger charge is 2.39. The van der Waals surface area contributed by atoms with E-state index in [4.69, 9.17) is 5.73 Å². The molecule has 0 aliphatic heterocycles. The van der Waals surface area contributed by atoms with Gasteiger partial charge < -0.3 is 5.73 Å². The molecule has 0 heterocycles. The third-order valence-corrected chi connectivity index (χ3v) is 3.91. The van der Waals surface area contributed by atoms with Crippen LogP contribution in [0.25, 0.3) is 0 Å². The number of carbonyl (C=O) groups is 1. The predicted molar refractivity (Wildman–Crippen MR) is 65.0 cm³/mol. The second-order valence-corrected chi connectivity index (χ2v) is 5.03. The molecular weight excluding hydrogens is 236 g/mol. The van der Waals surface area contributed by atoms with E-state index in [1.807, 2.05) is 0 Å². The summed E-state index contributed by atoms with van der Waals surface area (Å²) in [5.74, 6) is -1.31. The van der Waals surface area contributed by atoms with E-state index in [-0.39, 0.29) is 17.8 Å². The number of carbonyl (C=O) groups excluding carboxylic acids is 1. The van der Waals surface area contributed by atoms with Crippen LogP contribution in [0.4, 0.5) is 8.78 Å². The van der Waals surface area contributed by atoms with Gasteiger partial charge in [-0.1, -0.05) is 18.9 Å². The van der Waals surface area contributed by atoms with Gasteiger partial charge in [0.25, 0.3) is 0 Å². The number of nitrogens with two attached hydrogens (primary N) is 1. The lowest BCUT2D eigenvalue weighted by Crippen LogP contribution is -2.37. The lowest BCUT2D eigenvalue weighted by molar-refractivity contribution is -0.127. The van der Waals surface area contributed by atoms with Crippen molar-refractivity contribution in [2.75, 3.05) is 6.54 Å². The summed E-state index contributed by atoms with van der Waals surface area (Å²) in [7, 11) is 0. The van der Waals surface area contributed by atoms with Gasteiger partial charge in [-0.15, -0.1) is 0 Å². The van der Waals surface area contributed by atoms with Crippen molar-refractivity contribution in [2.24, 2.45) is 11.1 Å². The first-order valence-electron chi connectivity index (χ1n) is 6.25. The van der Waals surface area contributed by atoms with Crippen molar-refractivity contribution in [2.45, 2.75) is 32.1 Å². The maximum absolute atomic E-state index is 13.5. The van der Waals surface area contributed by atoms with E-state index in [2.05, 4.69) is 0 Å². The fourth-order valence-corrected chi connectivity index (χ4v) is 2.67. The smallest absolute Gasteiger partial charge is 0.144 e. The Morgan fingerprint density at radius 1 is 1.28 bits per heavy atom. The summed E-state index contributed by atoms with van der Waals surface area (Å²) in [5, 5.41) is 0. The quantitative estimate of drug-likeness (QED) is 0.896. The highest BCUT2D eigenvalue weighted by atomic mass is 19.1. The lowest BCUT2D eigenvalue weighted by atomic mass is 9.79. The first-order chi connectivity index (χ1) is 8.57. The largest absolute Gasteiger partial charge is 0.329 e. The van der Waals surface area contributed by atoms with E-state index in [9.17, 15) is 13.6 Å². The monoisotopic (exact) mass is 253 g/mol. The van der Waals surface area contributed by atoms with Gasteiger partial charge in [0.2, 0.25) is 0 Å². The Hall–Kier alpha value is -1.29. The molecule has 0 radical (unpaired) electrons. The number of hydrogen-bond acceptors (Lipinski definition) is 2. The van der Waals surface area contributed by atoms with E-state index in [0.717, 1.165) is 31.7 Å². The molecule has 0 bridgehead atoms. The maximum Gasteiger partial charge on any atom is 0.144 e. The molecule has 18 heavy (non-hydrogen) atoms. The average Bonchev–Trinajstić information content (AvgIpc) is 2.82. The second kappa shape index (κ2) is 5.14. The SMILES string of the molecule is NCC1(C(=O)Cc2ccc(F)cc2F)CCCC1. The van der Waals surface area contributed by atoms with Gasteiger partial charge in [-0.25, -0.2) is 8.78 Å². The van der Waals surface area contributed by atoms with Crippen molar-refractivity contribution >= 4 is 5.78 Å². The summed E-state index contributed by atoms with van der Waals surface area (Å²) in [6.45, 7) is 0.314. The standard InChI is InChI=1S/C14H17F2NO/c15-11-4-3-10(12(16)8-11)7-13(18)14(9-17)5-1-2-6-14/h3-4,8H,1-2,5-7,9,17H2. The fourth-order valence-electron chi connectivity index (χ4n) is 2.67. The molecule has 1 aliphatic carbocycles. The summed E-state index contributed by atoms with van der Waals surface area (Å²) in [6.07, 6.45) is 3.56. The van der Waals surface area contributed by atoms with Crippen molar-refractivity contribution in [3.63, 3.8) is 0 Å². The first-order valence-corrected chi connectivity index (χ1v) is 6.25. The number of rotatable bonds is 4. The highest BCUT2D eigenvalue weighted by molar-refractivity contribution is 5.87. The van der Waals surface area contributed by atoms with Crippen LogP contribution in [0.3, 0.4) is 0 Å². The molecule has 0 spiro atoms. The van der Waals surface area contributed by atoms with Crippen molar-refractivity contribution in [3.05, 3.63) is 35.4 Å². The molecule has 0 atom stereocenters. The zero-order valence-electron chi connectivity index (χ0n) is 10.2. The molecule has 0 aromatic heterocycles. The zero-order chi connectivity index (χ0) is 13.2. The van der Waals surface area contributed by atoms with Crippen LogP contribution in [0.15, 0.2) is 18.2 Å². The topological polar surface area (TPSA) is 43.1 Å². The summed E-state index contributed by atoms with van der Waals surface area (Å²) in [6, 6.07) is 3.32. The van der Waals surface area contributed by atoms with Gasteiger partial charge in [0.15, 0.2) is 0 Å². The number of benzene rings is 1. The highest BCUT2D eigenvalue weighted by Crippen LogP contribution is 2.38. The summed E-state index contributed by atoms with van der Waals surface area (Å²) < 4.78 is 26.3. The third-order valence-electron chi connectivity index (χ3n) is 3.91. The first kappa shape index (κ1) is 13.1. The van der Waals surface area contributed by atoms with Crippen molar-refractivity contribution < 1.29 is 13.6 Å². The minimum atomic E-state index is -0.659. The van der Waals surface area contributed by atoms with E-state index >= 15 is 0 Å². The molecule has 0 amide bonds. The second-order valence-electron chi connectivity index (χ2n) is 5.03. The number of ketones is 1. The summed E-state index contributed by atoms with van der Waals surface area (Å²) in [4.78, 5) is 12.3. The fraction of sp³-hybridized carbons (Fsp3) is 0.500. The van der Waals surface area contributed by atoms with Crippen LogP contribution < -0.4 is 5.73 Å². The van der Waals surface area contributed by atoms with Gasteiger partial charge >= 0.3 is 0 Å². The van der Waals surface area contributed by atoms with Gasteiger partial charge in [-0.05, 0) is 24.5 Å². The lowest BCUT2D eigenvalue weighted by Gasteiger charge is -2.25. The molecule has 1 aromatic rings. The molecule has 4 heteroatoms. The van der Waals surface area contributed by atoms with Crippen LogP contribution in [0.1, 0.15) is 31.2 Å². The molecule has 1 aromatic carbocycles. The normalized spacial score (nSPS) is 17.9. The molecule has 1 fully saturated rings. The number of hydrogen-bond donors (Lipinski definition) is 1. The summed E-state index contributed by atoms with van der Waals surface area (Å²) >= 11 is 0. The maximum atomic E-state index is 13.5. The Bertz CT molecular complexity index is 453. The Morgan fingerprint density at radius 3 is 2.50 bits per heavy atom. The number of halogens is 2. The number of Topliss-reactive ketones (excluding diaryl/α,β-unsaturated/α-hetero) is 1. The molecule has 2 rings (SSSR count). The van der Waals surface area contributed by atoms with E-state index < -0.39 is 17.0 Å². The summed E-state index contributed by atoms with van der Waals surface area (Å²) in [5.41, 5.74) is 5.48. The molecular formula is C14H17F2NO. The van der Waals surface area contributed by atoms with Crippen molar-refractivity contribution in [1.29, 1.82) is 0 Å². The Kier molecular flexibility index (Phi) is 3.76. The molecule has 1 saturated carbocycles. The van der Waals surface area contributed by atoms with Crippen LogP contribution in [-0.2, 0) is 11.2 Å². The predicted octanol–water partition coefficient (Wildman–Crippen LogP) is 2.60. The Labute approximate surface area is 105 Å². The molecule has 2 N–H and O–H groups in total. The molecule has 98 valence electrons. The van der Waals surface area contributed by atoms with Crippen LogP contribution in [0.2, 0.25) is 0 Å². The molecule has 2 nitrogen and oxygen atoms in total. The van der Waals surface area contributed by atoms with Crippen LogP contribution in [0.5, 0.6) is 0 Å². The van der Waals surface area contributed by atoms with Gasteiger partial charge in [-0.3, -0.25) is 4.79 Å². The van der Waals surface area contributed by atoms with Gasteiger partial charge in [0.05, 0.1) is 0 Å². The van der Waals surface area contributed by atoms with Crippen LogP contribution >= 0.6 is 0 Å². The van der Waals surface area contributed by atoms with Gasteiger partial charge in [0, 0.05) is 24.4 Å². The average molecular weight is 253 g/mol. The minimum absolute atomic E-state index is 0.00329. The zero-order valence-corrected chi connectivity index (χ0v) is 10.2. The van der Waals surface area contributed by atoms with Crippen LogP contribution in [0, 0.1) is 17.0 Å². The molecule has 0 unspecified atom stereocenters. The molecule has 1 aliphatic rings. The molecule has 0 saturated heterocycles.